The Kier molecular flexibility index (Phi) is 7.50. The zero-order valence-electron chi connectivity index (χ0n) is 12.8. The van der Waals surface area contributed by atoms with Gasteiger partial charge in [-0.15, -0.1) is 12.4 Å². The smallest absolute Gasteiger partial charge is 0.134 e. The summed E-state index contributed by atoms with van der Waals surface area (Å²) in [7, 11) is 0. The summed E-state index contributed by atoms with van der Waals surface area (Å²) in [6.07, 6.45) is 1.19. The van der Waals surface area contributed by atoms with Crippen LogP contribution >= 0.6 is 28.3 Å². The lowest BCUT2D eigenvalue weighted by Crippen LogP contribution is -2.15. The Labute approximate surface area is 141 Å². The van der Waals surface area contributed by atoms with Crippen LogP contribution in [0.25, 0.3) is 11.3 Å². The highest BCUT2D eigenvalue weighted by Gasteiger charge is 2.07. The van der Waals surface area contributed by atoms with Crippen LogP contribution in [0.5, 0.6) is 0 Å². The molecule has 0 fully saturated rings. The quantitative estimate of drug-likeness (QED) is 0.670. The van der Waals surface area contributed by atoms with Crippen LogP contribution in [0.3, 0.4) is 0 Å². The molecular weight excluding hydrogens is 350 g/mol. The second-order valence-electron chi connectivity index (χ2n) is 5.58. The van der Waals surface area contributed by atoms with E-state index < -0.39 is 0 Å². The summed E-state index contributed by atoms with van der Waals surface area (Å²) in [4.78, 5) is 0. The first-order valence-corrected chi connectivity index (χ1v) is 7.91. The van der Waals surface area contributed by atoms with Crippen LogP contribution < -0.4 is 5.32 Å². The van der Waals surface area contributed by atoms with E-state index in [0.717, 1.165) is 40.6 Å². The third kappa shape index (κ3) is 5.50. The van der Waals surface area contributed by atoms with Gasteiger partial charge < -0.3 is 9.73 Å². The molecule has 0 atom stereocenters. The first kappa shape index (κ1) is 18.3. The summed E-state index contributed by atoms with van der Waals surface area (Å²) >= 11 is 3.49. The summed E-state index contributed by atoms with van der Waals surface area (Å²) in [6, 6.07) is 10.4. The zero-order chi connectivity index (χ0) is 14.5. The monoisotopic (exact) mass is 371 g/mol. The van der Waals surface area contributed by atoms with Crippen LogP contribution in [0, 0.1) is 12.8 Å². The molecule has 21 heavy (non-hydrogen) atoms. The number of aryl methyl sites for hydroxylation is 1. The minimum Gasteiger partial charge on any atom is -0.460 e. The number of furan rings is 1. The molecule has 2 rings (SSSR count). The molecule has 0 aliphatic rings. The maximum Gasteiger partial charge on any atom is 0.134 e. The first-order chi connectivity index (χ1) is 9.56. The SMILES string of the molecule is Cc1cc(Br)ccc1-c1ccc(CNCCC(C)C)o1.Cl. The lowest BCUT2D eigenvalue weighted by molar-refractivity contribution is 0.474. The highest BCUT2D eigenvalue weighted by Crippen LogP contribution is 2.27. The molecule has 0 saturated heterocycles. The van der Waals surface area contributed by atoms with Crippen molar-refractivity contribution < 1.29 is 4.42 Å². The molecule has 116 valence electrons. The van der Waals surface area contributed by atoms with Crippen molar-refractivity contribution in [3.05, 3.63) is 46.1 Å². The molecule has 1 aromatic carbocycles. The van der Waals surface area contributed by atoms with Crippen molar-refractivity contribution in [1.82, 2.24) is 5.32 Å². The third-order valence-corrected chi connectivity index (χ3v) is 3.81. The van der Waals surface area contributed by atoms with Gasteiger partial charge in [0.05, 0.1) is 6.54 Å². The molecule has 2 aromatic rings. The third-order valence-electron chi connectivity index (χ3n) is 3.31. The van der Waals surface area contributed by atoms with Gasteiger partial charge in [-0.25, -0.2) is 0 Å². The second-order valence-corrected chi connectivity index (χ2v) is 6.50. The van der Waals surface area contributed by atoms with Crippen LogP contribution in [-0.4, -0.2) is 6.54 Å². The Morgan fingerprint density at radius 1 is 1.19 bits per heavy atom. The maximum absolute atomic E-state index is 5.92. The predicted octanol–water partition coefficient (Wildman–Crippen LogP) is 5.58. The molecule has 4 heteroatoms. The lowest BCUT2D eigenvalue weighted by atomic mass is 10.1. The van der Waals surface area contributed by atoms with E-state index in [9.17, 15) is 0 Å². The number of benzene rings is 1. The maximum atomic E-state index is 5.92. The van der Waals surface area contributed by atoms with Gasteiger partial charge in [0.15, 0.2) is 0 Å². The van der Waals surface area contributed by atoms with Crippen LogP contribution in [-0.2, 0) is 6.54 Å². The molecular formula is C17H23BrClNO. The summed E-state index contributed by atoms with van der Waals surface area (Å²) in [5.41, 5.74) is 2.37. The van der Waals surface area contributed by atoms with Gasteiger partial charge in [-0.05, 0) is 61.7 Å². The lowest BCUT2D eigenvalue weighted by Gasteiger charge is -2.05. The fraction of sp³-hybridized carbons (Fsp3) is 0.412. The molecule has 0 saturated carbocycles. The Morgan fingerprint density at radius 3 is 2.62 bits per heavy atom. The Balaban J connectivity index is 0.00000220. The summed E-state index contributed by atoms with van der Waals surface area (Å²) < 4.78 is 7.02. The fourth-order valence-electron chi connectivity index (χ4n) is 2.12. The number of halogens is 2. The number of hydrogen-bond donors (Lipinski definition) is 1. The summed E-state index contributed by atoms with van der Waals surface area (Å²) in [5.74, 6) is 2.67. The van der Waals surface area contributed by atoms with Gasteiger partial charge in [0.2, 0.25) is 0 Å². The van der Waals surface area contributed by atoms with Crippen LogP contribution in [0.4, 0.5) is 0 Å². The minimum atomic E-state index is 0. The molecule has 0 unspecified atom stereocenters. The number of hydrogen-bond acceptors (Lipinski definition) is 2. The molecule has 0 aliphatic heterocycles. The van der Waals surface area contributed by atoms with Crippen molar-refractivity contribution in [3.63, 3.8) is 0 Å². The Morgan fingerprint density at radius 2 is 1.95 bits per heavy atom. The van der Waals surface area contributed by atoms with E-state index in [1.165, 1.54) is 12.0 Å². The van der Waals surface area contributed by atoms with Gasteiger partial charge in [-0.1, -0.05) is 29.8 Å². The van der Waals surface area contributed by atoms with Gasteiger partial charge in [0.1, 0.15) is 11.5 Å². The van der Waals surface area contributed by atoms with E-state index >= 15 is 0 Å². The van der Waals surface area contributed by atoms with E-state index in [1.807, 2.05) is 6.07 Å². The molecule has 0 radical (unpaired) electrons. The molecule has 0 bridgehead atoms. The highest BCUT2D eigenvalue weighted by molar-refractivity contribution is 9.10. The standard InChI is InChI=1S/C17H22BrNO.ClH/c1-12(2)8-9-19-11-15-5-7-17(20-15)16-6-4-14(18)10-13(16)3;/h4-7,10,12,19H,8-9,11H2,1-3H3;1H. The van der Waals surface area contributed by atoms with Crippen LogP contribution in [0.1, 0.15) is 31.6 Å². The first-order valence-electron chi connectivity index (χ1n) is 7.12. The molecule has 0 aliphatic carbocycles. The molecule has 0 spiro atoms. The molecule has 1 aromatic heterocycles. The summed E-state index contributed by atoms with van der Waals surface area (Å²) in [5, 5.41) is 3.42. The minimum absolute atomic E-state index is 0. The predicted molar refractivity (Wildman–Crippen MR) is 95.0 cm³/mol. The summed E-state index contributed by atoms with van der Waals surface area (Å²) in [6.45, 7) is 8.41. The Hall–Kier alpha value is -0.770. The number of rotatable bonds is 6. The van der Waals surface area contributed by atoms with Crippen LogP contribution in [0.2, 0.25) is 0 Å². The van der Waals surface area contributed by atoms with Gasteiger partial charge in [0.25, 0.3) is 0 Å². The fourth-order valence-corrected chi connectivity index (χ4v) is 2.60. The van der Waals surface area contributed by atoms with E-state index in [1.54, 1.807) is 0 Å². The van der Waals surface area contributed by atoms with Crippen molar-refractivity contribution in [2.24, 2.45) is 5.92 Å². The van der Waals surface area contributed by atoms with Crippen molar-refractivity contribution in [2.75, 3.05) is 6.54 Å². The largest absolute Gasteiger partial charge is 0.460 e. The highest BCUT2D eigenvalue weighted by atomic mass is 79.9. The van der Waals surface area contributed by atoms with E-state index in [4.69, 9.17) is 4.42 Å². The molecule has 1 N–H and O–H groups in total. The molecule has 0 amide bonds. The number of nitrogens with one attached hydrogen (secondary N) is 1. The van der Waals surface area contributed by atoms with Gasteiger partial charge in [-0.3, -0.25) is 0 Å². The Bertz CT molecular complexity index is 566. The molecule has 1 heterocycles. The van der Waals surface area contributed by atoms with E-state index in [2.05, 4.69) is 66.3 Å². The van der Waals surface area contributed by atoms with Crippen molar-refractivity contribution in [3.8, 4) is 11.3 Å². The normalized spacial score (nSPS) is 10.7. The van der Waals surface area contributed by atoms with Gasteiger partial charge in [0, 0.05) is 10.0 Å². The van der Waals surface area contributed by atoms with Gasteiger partial charge in [-0.2, -0.15) is 0 Å². The van der Waals surface area contributed by atoms with E-state index in [-0.39, 0.29) is 12.4 Å². The van der Waals surface area contributed by atoms with Crippen molar-refractivity contribution >= 4 is 28.3 Å². The van der Waals surface area contributed by atoms with Crippen LogP contribution in [0.15, 0.2) is 39.2 Å². The zero-order valence-corrected chi connectivity index (χ0v) is 15.2. The molecule has 2 nitrogen and oxygen atoms in total. The van der Waals surface area contributed by atoms with E-state index in [0.29, 0.717) is 0 Å². The average Bonchev–Trinajstić information content (AvgIpc) is 2.83. The van der Waals surface area contributed by atoms with Crippen molar-refractivity contribution in [2.45, 2.75) is 33.7 Å². The second kappa shape index (κ2) is 8.62. The average molecular weight is 373 g/mol. The topological polar surface area (TPSA) is 25.2 Å². The van der Waals surface area contributed by atoms with Crippen molar-refractivity contribution in [1.29, 1.82) is 0 Å². The van der Waals surface area contributed by atoms with Gasteiger partial charge >= 0.3 is 0 Å².